The van der Waals surface area contributed by atoms with Crippen molar-refractivity contribution in [1.29, 1.82) is 0 Å². The first kappa shape index (κ1) is 18.9. The number of ether oxygens (including phenoxy) is 2. The fourth-order valence-corrected chi connectivity index (χ4v) is 2.96. The van der Waals surface area contributed by atoms with Crippen LogP contribution in [0.3, 0.4) is 0 Å². The number of halogens is 3. The second kappa shape index (κ2) is 7.81. The molecule has 1 atom stereocenters. The van der Waals surface area contributed by atoms with Crippen LogP contribution in [0.1, 0.15) is 28.8 Å². The fourth-order valence-electron chi connectivity index (χ4n) is 2.96. The van der Waals surface area contributed by atoms with Crippen LogP contribution in [0.25, 0.3) is 0 Å². The highest BCUT2D eigenvalue weighted by atomic mass is 19.4. The van der Waals surface area contributed by atoms with Crippen LogP contribution in [0.15, 0.2) is 36.4 Å². The highest BCUT2D eigenvalue weighted by Crippen LogP contribution is 2.32. The lowest BCUT2D eigenvalue weighted by atomic mass is 10.0. The summed E-state index contributed by atoms with van der Waals surface area (Å²) in [5.41, 5.74) is -1.28. The van der Waals surface area contributed by atoms with Crippen molar-refractivity contribution in [2.75, 3.05) is 20.2 Å². The molecule has 6 nitrogen and oxygen atoms in total. The molecule has 1 fully saturated rings. The molecule has 27 heavy (non-hydrogen) atoms. The van der Waals surface area contributed by atoms with E-state index in [1.807, 2.05) is 0 Å². The molecule has 2 heterocycles. The van der Waals surface area contributed by atoms with E-state index in [0.29, 0.717) is 25.3 Å². The van der Waals surface area contributed by atoms with Gasteiger partial charge in [-0.2, -0.15) is 13.2 Å². The molecule has 0 bridgehead atoms. The van der Waals surface area contributed by atoms with Gasteiger partial charge >= 0.3 is 6.18 Å². The van der Waals surface area contributed by atoms with Gasteiger partial charge in [0.05, 0.1) is 24.8 Å². The number of likely N-dealkylation sites (tertiary alicyclic amines) is 1. The molecule has 0 aliphatic carbocycles. The topological polar surface area (TPSA) is 64.6 Å². The number of methoxy groups -OCH3 is 1. The first-order chi connectivity index (χ1) is 12.9. The van der Waals surface area contributed by atoms with Crippen molar-refractivity contribution < 1.29 is 27.4 Å². The van der Waals surface area contributed by atoms with Gasteiger partial charge < -0.3 is 14.4 Å². The molecule has 1 aromatic heterocycles. The van der Waals surface area contributed by atoms with E-state index in [1.165, 1.54) is 30.2 Å². The smallest absolute Gasteiger partial charge is 0.417 e. The summed E-state index contributed by atoms with van der Waals surface area (Å²) in [7, 11) is 1.47. The van der Waals surface area contributed by atoms with Gasteiger partial charge in [-0.15, -0.1) is 10.2 Å². The predicted octanol–water partition coefficient (Wildman–Crippen LogP) is 3.19. The van der Waals surface area contributed by atoms with E-state index in [1.54, 1.807) is 12.1 Å². The third-order valence-corrected chi connectivity index (χ3v) is 4.24. The summed E-state index contributed by atoms with van der Waals surface area (Å²) in [6, 6.07) is 7.99. The Morgan fingerprint density at radius 3 is 2.52 bits per heavy atom. The molecular formula is C18H18F3N3O3. The fraction of sp³-hybridized carbons (Fsp3) is 0.389. The van der Waals surface area contributed by atoms with Gasteiger partial charge in [-0.3, -0.25) is 4.79 Å². The molecule has 0 spiro atoms. The Bertz CT molecular complexity index is 796. The number of hydrogen-bond donors (Lipinski definition) is 0. The van der Waals surface area contributed by atoms with Gasteiger partial charge in [-0.1, -0.05) is 12.1 Å². The molecule has 1 aromatic carbocycles. The largest absolute Gasteiger partial charge is 0.480 e. The summed E-state index contributed by atoms with van der Waals surface area (Å²) in [5, 5.41) is 7.67. The number of hydrogen-bond acceptors (Lipinski definition) is 5. The van der Waals surface area contributed by atoms with Crippen molar-refractivity contribution in [3.8, 4) is 11.8 Å². The average Bonchev–Trinajstić information content (AvgIpc) is 2.67. The first-order valence-electron chi connectivity index (χ1n) is 8.38. The Kier molecular flexibility index (Phi) is 5.48. The number of nitrogens with zero attached hydrogens (tertiary/aromatic N) is 3. The second-order valence-electron chi connectivity index (χ2n) is 6.09. The molecule has 2 aromatic rings. The third kappa shape index (κ3) is 4.47. The van der Waals surface area contributed by atoms with E-state index in [4.69, 9.17) is 9.47 Å². The average molecular weight is 381 g/mol. The Balaban J connectivity index is 1.71. The molecule has 1 aliphatic rings. The number of aromatic nitrogens is 2. The Hall–Kier alpha value is -2.84. The van der Waals surface area contributed by atoms with Gasteiger partial charge in [-0.05, 0) is 25.0 Å². The van der Waals surface area contributed by atoms with Crippen LogP contribution in [0.2, 0.25) is 0 Å². The number of alkyl halides is 3. The van der Waals surface area contributed by atoms with Gasteiger partial charge in [-0.25, -0.2) is 0 Å². The van der Waals surface area contributed by atoms with Crippen molar-refractivity contribution in [2.24, 2.45) is 0 Å². The van der Waals surface area contributed by atoms with Crippen molar-refractivity contribution in [3.63, 3.8) is 0 Å². The summed E-state index contributed by atoms with van der Waals surface area (Å²) >= 11 is 0. The molecule has 3 rings (SSSR count). The van der Waals surface area contributed by atoms with E-state index in [0.717, 1.165) is 6.07 Å². The molecular weight excluding hydrogens is 363 g/mol. The van der Waals surface area contributed by atoms with Gasteiger partial charge in [0.15, 0.2) is 0 Å². The summed E-state index contributed by atoms with van der Waals surface area (Å²) in [6.07, 6.45) is -3.67. The highest BCUT2D eigenvalue weighted by molar-refractivity contribution is 5.96. The minimum atomic E-state index is -4.59. The standard InChI is InChI=1S/C18H18F3N3O3/c1-26-15-8-9-16(23-22-15)27-12-5-4-10-24(11-12)17(25)13-6-2-3-7-14(13)18(19,20)21/h2-3,6-9,12H,4-5,10-11H2,1H3. The van der Waals surface area contributed by atoms with E-state index >= 15 is 0 Å². The van der Waals surface area contributed by atoms with Crippen molar-refractivity contribution in [1.82, 2.24) is 15.1 Å². The number of rotatable bonds is 4. The van der Waals surface area contributed by atoms with Crippen LogP contribution in [0, 0.1) is 0 Å². The molecule has 0 N–H and O–H groups in total. The monoisotopic (exact) mass is 381 g/mol. The van der Waals surface area contributed by atoms with Gasteiger partial charge in [0.2, 0.25) is 11.8 Å². The summed E-state index contributed by atoms with van der Waals surface area (Å²) in [6.45, 7) is 0.553. The second-order valence-corrected chi connectivity index (χ2v) is 6.09. The summed E-state index contributed by atoms with van der Waals surface area (Å²) < 4.78 is 50.2. The van der Waals surface area contributed by atoms with Gasteiger partial charge in [0, 0.05) is 18.7 Å². The summed E-state index contributed by atoms with van der Waals surface area (Å²) in [4.78, 5) is 14.1. The molecule has 1 unspecified atom stereocenters. The lowest BCUT2D eigenvalue weighted by Gasteiger charge is -2.33. The van der Waals surface area contributed by atoms with Crippen molar-refractivity contribution >= 4 is 5.91 Å². The van der Waals surface area contributed by atoms with Crippen molar-refractivity contribution in [2.45, 2.75) is 25.1 Å². The highest BCUT2D eigenvalue weighted by Gasteiger charge is 2.36. The van der Waals surface area contributed by atoms with Crippen LogP contribution >= 0.6 is 0 Å². The lowest BCUT2D eigenvalue weighted by Crippen LogP contribution is -2.45. The molecule has 0 saturated carbocycles. The van der Waals surface area contributed by atoms with Crippen LogP contribution in [0.4, 0.5) is 13.2 Å². The first-order valence-corrected chi connectivity index (χ1v) is 8.38. The number of benzene rings is 1. The number of carbonyl (C=O) groups is 1. The van der Waals surface area contributed by atoms with E-state index in [2.05, 4.69) is 10.2 Å². The van der Waals surface area contributed by atoms with E-state index in [9.17, 15) is 18.0 Å². The summed E-state index contributed by atoms with van der Waals surface area (Å²) in [5.74, 6) is -0.0469. The van der Waals surface area contributed by atoms with E-state index in [-0.39, 0.29) is 24.1 Å². The molecule has 9 heteroatoms. The maximum absolute atomic E-state index is 13.2. The lowest BCUT2D eigenvalue weighted by molar-refractivity contribution is -0.138. The zero-order chi connectivity index (χ0) is 19.4. The minimum absolute atomic E-state index is 0.179. The molecule has 1 saturated heterocycles. The molecule has 1 amide bonds. The van der Waals surface area contributed by atoms with Crippen molar-refractivity contribution in [3.05, 3.63) is 47.5 Å². The number of carbonyl (C=O) groups excluding carboxylic acids is 1. The van der Waals surface area contributed by atoms with Gasteiger partial charge in [0.1, 0.15) is 6.10 Å². The number of amides is 1. The molecule has 1 aliphatic heterocycles. The third-order valence-electron chi connectivity index (χ3n) is 4.24. The zero-order valence-electron chi connectivity index (χ0n) is 14.6. The Morgan fingerprint density at radius 1 is 1.15 bits per heavy atom. The van der Waals surface area contributed by atoms with Crippen LogP contribution in [-0.2, 0) is 6.18 Å². The number of piperidine rings is 1. The van der Waals surface area contributed by atoms with Crippen LogP contribution in [0.5, 0.6) is 11.8 Å². The predicted molar refractivity (Wildman–Crippen MR) is 89.6 cm³/mol. The molecule has 0 radical (unpaired) electrons. The van der Waals surface area contributed by atoms with Crippen LogP contribution in [-0.4, -0.2) is 47.3 Å². The maximum atomic E-state index is 13.2. The Labute approximate surface area is 153 Å². The normalized spacial score (nSPS) is 17.5. The minimum Gasteiger partial charge on any atom is -0.480 e. The Morgan fingerprint density at radius 2 is 1.85 bits per heavy atom. The molecule has 144 valence electrons. The SMILES string of the molecule is COc1ccc(OC2CCCN(C(=O)c3ccccc3C(F)(F)F)C2)nn1. The maximum Gasteiger partial charge on any atom is 0.417 e. The zero-order valence-corrected chi connectivity index (χ0v) is 14.6. The van der Waals surface area contributed by atoms with E-state index < -0.39 is 17.6 Å². The quantitative estimate of drug-likeness (QED) is 0.814. The van der Waals surface area contributed by atoms with Gasteiger partial charge in [0.25, 0.3) is 5.91 Å². The van der Waals surface area contributed by atoms with Crippen LogP contribution < -0.4 is 9.47 Å².